The first kappa shape index (κ1) is 11.7. The van der Waals surface area contributed by atoms with Gasteiger partial charge in [0.15, 0.2) is 0 Å². The van der Waals surface area contributed by atoms with Gasteiger partial charge in [0, 0.05) is 11.6 Å². The Morgan fingerprint density at radius 3 is 2.36 bits per heavy atom. The van der Waals surface area contributed by atoms with Gasteiger partial charge in [-0.25, -0.2) is 0 Å². The average molecular weight is 196 g/mol. The number of rotatable bonds is 4. The molecular formula is C12H24N2. The topological polar surface area (TPSA) is 29.3 Å². The van der Waals surface area contributed by atoms with Crippen LogP contribution in [-0.4, -0.2) is 30.6 Å². The molecule has 82 valence electrons. The third kappa shape index (κ3) is 2.18. The van der Waals surface area contributed by atoms with E-state index < -0.39 is 0 Å². The Kier molecular flexibility index (Phi) is 4.14. The molecule has 1 aliphatic rings. The van der Waals surface area contributed by atoms with E-state index in [1.54, 1.807) is 0 Å². The molecule has 1 rings (SSSR count). The lowest BCUT2D eigenvalue weighted by Crippen LogP contribution is -2.58. The third-order valence-electron chi connectivity index (χ3n) is 3.72. The van der Waals surface area contributed by atoms with Crippen LogP contribution in [0.25, 0.3) is 0 Å². The zero-order valence-electron chi connectivity index (χ0n) is 9.63. The smallest absolute Gasteiger partial charge is 0.0357 e. The van der Waals surface area contributed by atoms with Crippen molar-refractivity contribution in [3.63, 3.8) is 0 Å². The minimum atomic E-state index is 0.229. The van der Waals surface area contributed by atoms with Crippen LogP contribution in [0.3, 0.4) is 0 Å². The Hall–Kier alpha value is -0.340. The van der Waals surface area contributed by atoms with Gasteiger partial charge in [-0.05, 0) is 33.4 Å². The zero-order chi connectivity index (χ0) is 10.6. The van der Waals surface area contributed by atoms with Gasteiger partial charge in [-0.15, -0.1) is 6.58 Å². The van der Waals surface area contributed by atoms with E-state index in [0.29, 0.717) is 0 Å². The maximum atomic E-state index is 6.28. The molecule has 2 heteroatoms. The van der Waals surface area contributed by atoms with Crippen LogP contribution in [0.2, 0.25) is 0 Å². The van der Waals surface area contributed by atoms with E-state index in [1.807, 2.05) is 6.08 Å². The van der Waals surface area contributed by atoms with Crippen molar-refractivity contribution in [3.8, 4) is 0 Å². The molecule has 2 N–H and O–H groups in total. The van der Waals surface area contributed by atoms with Crippen LogP contribution in [0.5, 0.6) is 0 Å². The fraction of sp³-hybridized carbons (Fsp3) is 0.833. The lowest BCUT2D eigenvalue weighted by atomic mass is 9.74. The number of likely N-dealkylation sites (N-methyl/N-ethyl adjacent to an activating group) is 1. The summed E-state index contributed by atoms with van der Waals surface area (Å²) in [6, 6.07) is 0.246. The van der Waals surface area contributed by atoms with Gasteiger partial charge in [-0.1, -0.05) is 25.3 Å². The fourth-order valence-electron chi connectivity index (χ4n) is 2.71. The van der Waals surface area contributed by atoms with E-state index in [0.717, 1.165) is 6.42 Å². The first-order valence-corrected chi connectivity index (χ1v) is 5.67. The fourth-order valence-corrected chi connectivity index (χ4v) is 2.71. The van der Waals surface area contributed by atoms with Crippen molar-refractivity contribution in [2.24, 2.45) is 5.73 Å². The van der Waals surface area contributed by atoms with Crippen molar-refractivity contribution in [2.75, 3.05) is 14.1 Å². The van der Waals surface area contributed by atoms with Crippen molar-refractivity contribution < 1.29 is 0 Å². The molecule has 2 nitrogen and oxygen atoms in total. The number of nitrogens with two attached hydrogens (primary N) is 1. The highest BCUT2D eigenvalue weighted by atomic mass is 15.2. The molecule has 0 aromatic carbocycles. The SMILES string of the molecule is C=CCC(N)C1(N(C)C)CCCCC1. The molecule has 0 aromatic rings. The van der Waals surface area contributed by atoms with Gasteiger partial charge in [0.2, 0.25) is 0 Å². The minimum absolute atomic E-state index is 0.229. The molecule has 0 spiro atoms. The molecule has 1 fully saturated rings. The van der Waals surface area contributed by atoms with Gasteiger partial charge < -0.3 is 10.6 Å². The highest BCUT2D eigenvalue weighted by Crippen LogP contribution is 2.35. The standard InChI is InChI=1S/C12H24N2/c1-4-8-11(13)12(14(2)3)9-6-5-7-10-12/h4,11H,1,5-10,13H2,2-3H3. The number of hydrogen-bond donors (Lipinski definition) is 1. The second-order valence-corrected chi connectivity index (χ2v) is 4.69. The van der Waals surface area contributed by atoms with Crippen LogP contribution in [0.15, 0.2) is 12.7 Å². The summed E-state index contributed by atoms with van der Waals surface area (Å²) in [6.45, 7) is 3.79. The van der Waals surface area contributed by atoms with Gasteiger partial charge >= 0.3 is 0 Å². The van der Waals surface area contributed by atoms with Crippen molar-refractivity contribution in [1.29, 1.82) is 0 Å². The first-order valence-electron chi connectivity index (χ1n) is 5.67. The summed E-state index contributed by atoms with van der Waals surface area (Å²) in [6.07, 6.45) is 9.38. The molecule has 0 bridgehead atoms. The van der Waals surface area contributed by atoms with Crippen LogP contribution in [-0.2, 0) is 0 Å². The van der Waals surface area contributed by atoms with Gasteiger partial charge in [0.05, 0.1) is 0 Å². The summed E-state index contributed by atoms with van der Waals surface area (Å²) >= 11 is 0. The molecule has 1 atom stereocenters. The summed E-state index contributed by atoms with van der Waals surface area (Å²) < 4.78 is 0. The van der Waals surface area contributed by atoms with Crippen LogP contribution in [0.1, 0.15) is 38.5 Å². The van der Waals surface area contributed by atoms with E-state index in [4.69, 9.17) is 5.73 Å². The molecule has 1 aliphatic carbocycles. The molecule has 0 radical (unpaired) electrons. The predicted molar refractivity (Wildman–Crippen MR) is 62.3 cm³/mol. The van der Waals surface area contributed by atoms with E-state index in [9.17, 15) is 0 Å². The molecule has 0 saturated heterocycles. The Bertz CT molecular complexity index is 181. The van der Waals surface area contributed by atoms with Crippen LogP contribution >= 0.6 is 0 Å². The zero-order valence-corrected chi connectivity index (χ0v) is 9.63. The highest BCUT2D eigenvalue weighted by Gasteiger charge is 2.38. The van der Waals surface area contributed by atoms with Gasteiger partial charge in [-0.3, -0.25) is 0 Å². The Balaban J connectivity index is 2.73. The van der Waals surface area contributed by atoms with E-state index >= 15 is 0 Å². The Labute approximate surface area is 88.2 Å². The summed E-state index contributed by atoms with van der Waals surface area (Å²) in [5.41, 5.74) is 6.51. The number of nitrogens with zero attached hydrogens (tertiary/aromatic N) is 1. The van der Waals surface area contributed by atoms with Crippen molar-refractivity contribution in [1.82, 2.24) is 4.90 Å². The molecule has 14 heavy (non-hydrogen) atoms. The quantitative estimate of drug-likeness (QED) is 0.698. The summed E-state index contributed by atoms with van der Waals surface area (Å²) in [7, 11) is 4.32. The van der Waals surface area contributed by atoms with Gasteiger partial charge in [-0.2, -0.15) is 0 Å². The normalized spacial score (nSPS) is 23.4. The highest BCUT2D eigenvalue weighted by molar-refractivity contribution is 5.01. The van der Waals surface area contributed by atoms with Crippen LogP contribution < -0.4 is 5.73 Å². The first-order chi connectivity index (χ1) is 6.63. The maximum Gasteiger partial charge on any atom is 0.0357 e. The van der Waals surface area contributed by atoms with E-state index in [1.165, 1.54) is 32.1 Å². The van der Waals surface area contributed by atoms with Crippen molar-refractivity contribution in [2.45, 2.75) is 50.1 Å². The maximum absolute atomic E-state index is 6.28. The minimum Gasteiger partial charge on any atom is -0.326 e. The van der Waals surface area contributed by atoms with Gasteiger partial charge in [0.25, 0.3) is 0 Å². The Morgan fingerprint density at radius 2 is 1.93 bits per heavy atom. The van der Waals surface area contributed by atoms with Crippen LogP contribution in [0.4, 0.5) is 0 Å². The predicted octanol–water partition coefficient (Wildman–Crippen LogP) is 2.15. The monoisotopic (exact) mass is 196 g/mol. The lowest BCUT2D eigenvalue weighted by Gasteiger charge is -2.47. The van der Waals surface area contributed by atoms with Crippen molar-refractivity contribution in [3.05, 3.63) is 12.7 Å². The van der Waals surface area contributed by atoms with Gasteiger partial charge in [0.1, 0.15) is 0 Å². The molecule has 0 heterocycles. The summed E-state index contributed by atoms with van der Waals surface area (Å²) in [4.78, 5) is 2.33. The summed E-state index contributed by atoms with van der Waals surface area (Å²) in [5.74, 6) is 0. The molecule has 1 unspecified atom stereocenters. The molecule has 0 aliphatic heterocycles. The third-order valence-corrected chi connectivity index (χ3v) is 3.72. The second-order valence-electron chi connectivity index (χ2n) is 4.69. The van der Waals surface area contributed by atoms with Crippen LogP contribution in [0, 0.1) is 0 Å². The Morgan fingerprint density at radius 1 is 1.36 bits per heavy atom. The number of hydrogen-bond acceptors (Lipinski definition) is 2. The second kappa shape index (κ2) is 4.94. The molecule has 0 amide bonds. The molecule has 1 saturated carbocycles. The lowest BCUT2D eigenvalue weighted by molar-refractivity contribution is 0.0725. The van der Waals surface area contributed by atoms with E-state index in [2.05, 4.69) is 25.6 Å². The van der Waals surface area contributed by atoms with E-state index in [-0.39, 0.29) is 11.6 Å². The molecule has 0 aromatic heterocycles. The van der Waals surface area contributed by atoms with Crippen molar-refractivity contribution >= 4 is 0 Å². The summed E-state index contributed by atoms with van der Waals surface area (Å²) in [5, 5.41) is 0. The average Bonchev–Trinajstić information content (AvgIpc) is 2.19. The largest absolute Gasteiger partial charge is 0.326 e. The molecular weight excluding hydrogens is 172 g/mol.